The zero-order valence-electron chi connectivity index (χ0n) is 10.8. The van der Waals surface area contributed by atoms with E-state index in [2.05, 4.69) is 5.32 Å². The lowest BCUT2D eigenvalue weighted by molar-refractivity contribution is 0.0696. The highest BCUT2D eigenvalue weighted by Gasteiger charge is 2.08. The van der Waals surface area contributed by atoms with Crippen LogP contribution in [0.2, 0.25) is 10.0 Å². The summed E-state index contributed by atoms with van der Waals surface area (Å²) in [5.41, 5.74) is 1.21. The predicted molar refractivity (Wildman–Crippen MR) is 81.0 cm³/mol. The molecule has 2 N–H and O–H groups in total. The monoisotopic (exact) mass is 323 g/mol. The Morgan fingerprint density at radius 1 is 1.00 bits per heavy atom. The summed E-state index contributed by atoms with van der Waals surface area (Å²) < 4.78 is 0. The van der Waals surface area contributed by atoms with Crippen LogP contribution in [0.5, 0.6) is 0 Å². The molecule has 1 amide bonds. The Kier molecular flexibility index (Phi) is 4.83. The summed E-state index contributed by atoms with van der Waals surface area (Å²) in [5, 5.41) is 12.3. The Balaban J connectivity index is 2.07. The van der Waals surface area contributed by atoms with Gasteiger partial charge in [-0.1, -0.05) is 35.3 Å². The summed E-state index contributed by atoms with van der Waals surface area (Å²) in [5.74, 6) is -1.34. The zero-order valence-corrected chi connectivity index (χ0v) is 12.3. The van der Waals surface area contributed by atoms with Crippen molar-refractivity contribution in [3.05, 3.63) is 69.2 Å². The maximum absolute atomic E-state index is 12.0. The van der Waals surface area contributed by atoms with Gasteiger partial charge in [-0.25, -0.2) is 4.79 Å². The average molecular weight is 324 g/mol. The van der Waals surface area contributed by atoms with Gasteiger partial charge in [-0.05, 0) is 35.9 Å². The lowest BCUT2D eigenvalue weighted by Crippen LogP contribution is -2.22. The van der Waals surface area contributed by atoms with E-state index < -0.39 is 5.97 Å². The third kappa shape index (κ3) is 4.21. The van der Waals surface area contributed by atoms with Gasteiger partial charge in [0, 0.05) is 22.2 Å². The molecule has 6 heteroatoms. The molecule has 0 bridgehead atoms. The molecule has 0 radical (unpaired) electrons. The van der Waals surface area contributed by atoms with Crippen molar-refractivity contribution >= 4 is 35.1 Å². The maximum atomic E-state index is 12.0. The summed E-state index contributed by atoms with van der Waals surface area (Å²) >= 11 is 11.7. The fourth-order valence-corrected chi connectivity index (χ4v) is 2.31. The number of aromatic carboxylic acids is 1. The maximum Gasteiger partial charge on any atom is 0.335 e. The molecule has 2 aromatic rings. The summed E-state index contributed by atoms with van der Waals surface area (Å²) in [6.45, 7) is 0.212. The van der Waals surface area contributed by atoms with E-state index in [1.54, 1.807) is 12.1 Å². The van der Waals surface area contributed by atoms with E-state index >= 15 is 0 Å². The largest absolute Gasteiger partial charge is 0.478 e. The van der Waals surface area contributed by atoms with Crippen LogP contribution >= 0.6 is 23.2 Å². The van der Waals surface area contributed by atoms with Crippen molar-refractivity contribution in [3.63, 3.8) is 0 Å². The number of benzene rings is 2. The molecule has 0 saturated carbocycles. The van der Waals surface area contributed by atoms with E-state index in [1.165, 1.54) is 30.3 Å². The average Bonchev–Trinajstić information content (AvgIpc) is 2.44. The third-order valence-electron chi connectivity index (χ3n) is 2.75. The Morgan fingerprint density at radius 3 is 2.29 bits per heavy atom. The van der Waals surface area contributed by atoms with E-state index in [-0.39, 0.29) is 18.0 Å². The van der Waals surface area contributed by atoms with Gasteiger partial charge in [0.25, 0.3) is 5.91 Å². The van der Waals surface area contributed by atoms with Crippen LogP contribution in [0.3, 0.4) is 0 Å². The number of hydrogen-bond acceptors (Lipinski definition) is 2. The minimum atomic E-state index is -1.01. The molecule has 108 valence electrons. The number of nitrogens with one attached hydrogen (secondary N) is 1. The second-order valence-electron chi connectivity index (χ2n) is 4.35. The molecule has 0 saturated heterocycles. The van der Waals surface area contributed by atoms with Gasteiger partial charge in [-0.2, -0.15) is 0 Å². The molecule has 0 aliphatic rings. The minimum absolute atomic E-state index is 0.174. The van der Waals surface area contributed by atoms with Gasteiger partial charge in [-0.3, -0.25) is 4.79 Å². The number of carbonyl (C=O) groups excluding carboxylic acids is 1. The fraction of sp³-hybridized carbons (Fsp3) is 0.0667. The number of rotatable bonds is 4. The van der Waals surface area contributed by atoms with Gasteiger partial charge in [0.1, 0.15) is 0 Å². The van der Waals surface area contributed by atoms with Gasteiger partial charge in [0.2, 0.25) is 0 Å². The molecule has 0 unspecified atom stereocenters. The first-order valence-electron chi connectivity index (χ1n) is 6.02. The normalized spacial score (nSPS) is 10.2. The van der Waals surface area contributed by atoms with Crippen molar-refractivity contribution in [2.75, 3.05) is 0 Å². The predicted octanol–water partition coefficient (Wildman–Crippen LogP) is 3.62. The summed E-state index contributed by atoms with van der Waals surface area (Å²) in [6.07, 6.45) is 0. The Morgan fingerprint density at radius 2 is 1.67 bits per heavy atom. The standard InChI is InChI=1S/C15H11Cl2NO3/c16-12-5-11(6-13(17)7-12)14(19)18-8-9-2-1-3-10(4-9)15(20)21/h1-7H,8H2,(H,18,19)(H,20,21). The number of halogens is 2. The molecule has 0 atom stereocenters. The van der Waals surface area contributed by atoms with Crippen molar-refractivity contribution in [2.45, 2.75) is 6.54 Å². The SMILES string of the molecule is O=C(O)c1cccc(CNC(=O)c2cc(Cl)cc(Cl)c2)c1. The lowest BCUT2D eigenvalue weighted by atomic mass is 10.1. The number of amides is 1. The van der Waals surface area contributed by atoms with E-state index in [4.69, 9.17) is 28.3 Å². The van der Waals surface area contributed by atoms with Crippen LogP contribution in [0.1, 0.15) is 26.3 Å². The van der Waals surface area contributed by atoms with E-state index in [0.717, 1.165) is 0 Å². The number of carboxylic acid groups (broad SMARTS) is 1. The molecule has 0 spiro atoms. The van der Waals surface area contributed by atoms with Gasteiger partial charge >= 0.3 is 5.97 Å². The van der Waals surface area contributed by atoms with Crippen molar-refractivity contribution in [3.8, 4) is 0 Å². The van der Waals surface area contributed by atoms with Crippen molar-refractivity contribution in [1.82, 2.24) is 5.32 Å². The number of carbonyl (C=O) groups is 2. The van der Waals surface area contributed by atoms with Crippen LogP contribution in [0.25, 0.3) is 0 Å². The Labute approximate surface area is 131 Å². The van der Waals surface area contributed by atoms with E-state index in [1.807, 2.05) is 0 Å². The van der Waals surface area contributed by atoms with Gasteiger partial charge in [0.15, 0.2) is 0 Å². The van der Waals surface area contributed by atoms with Crippen molar-refractivity contribution in [1.29, 1.82) is 0 Å². The van der Waals surface area contributed by atoms with Crippen molar-refractivity contribution in [2.24, 2.45) is 0 Å². The second kappa shape index (κ2) is 6.61. The molecule has 0 heterocycles. The quantitative estimate of drug-likeness (QED) is 0.903. The molecule has 0 aromatic heterocycles. The smallest absolute Gasteiger partial charge is 0.335 e. The van der Waals surface area contributed by atoms with Gasteiger partial charge < -0.3 is 10.4 Å². The molecule has 2 aromatic carbocycles. The van der Waals surface area contributed by atoms with Gasteiger partial charge in [-0.15, -0.1) is 0 Å². The third-order valence-corrected chi connectivity index (χ3v) is 3.19. The topological polar surface area (TPSA) is 66.4 Å². The molecule has 0 aliphatic carbocycles. The molecule has 2 rings (SSSR count). The second-order valence-corrected chi connectivity index (χ2v) is 5.22. The van der Waals surface area contributed by atoms with Gasteiger partial charge in [0.05, 0.1) is 5.56 Å². The van der Waals surface area contributed by atoms with Crippen LogP contribution in [0.4, 0.5) is 0 Å². The molecule has 4 nitrogen and oxygen atoms in total. The molecule has 0 fully saturated rings. The van der Waals surface area contributed by atoms with E-state index in [0.29, 0.717) is 21.2 Å². The Bertz CT molecular complexity index is 681. The molecular weight excluding hydrogens is 313 g/mol. The lowest BCUT2D eigenvalue weighted by Gasteiger charge is -2.07. The first-order chi connectivity index (χ1) is 9.95. The van der Waals surface area contributed by atoms with Crippen LogP contribution in [-0.2, 0) is 6.54 Å². The highest BCUT2D eigenvalue weighted by atomic mass is 35.5. The van der Waals surface area contributed by atoms with Crippen LogP contribution in [0, 0.1) is 0 Å². The first kappa shape index (κ1) is 15.4. The van der Waals surface area contributed by atoms with Crippen LogP contribution < -0.4 is 5.32 Å². The Hall–Kier alpha value is -2.04. The highest BCUT2D eigenvalue weighted by Crippen LogP contribution is 2.19. The van der Waals surface area contributed by atoms with Crippen LogP contribution in [-0.4, -0.2) is 17.0 Å². The first-order valence-corrected chi connectivity index (χ1v) is 6.78. The molecular formula is C15H11Cl2NO3. The summed E-state index contributed by atoms with van der Waals surface area (Å²) in [7, 11) is 0. The number of carboxylic acids is 1. The fourth-order valence-electron chi connectivity index (χ4n) is 1.78. The molecule has 21 heavy (non-hydrogen) atoms. The van der Waals surface area contributed by atoms with Crippen molar-refractivity contribution < 1.29 is 14.7 Å². The number of hydrogen-bond donors (Lipinski definition) is 2. The summed E-state index contributed by atoms with van der Waals surface area (Å²) in [6, 6.07) is 10.9. The highest BCUT2D eigenvalue weighted by molar-refractivity contribution is 6.35. The molecule has 0 aliphatic heterocycles. The summed E-state index contributed by atoms with van der Waals surface area (Å²) in [4.78, 5) is 22.9. The zero-order chi connectivity index (χ0) is 15.4. The van der Waals surface area contributed by atoms with E-state index in [9.17, 15) is 9.59 Å². The van der Waals surface area contributed by atoms with Crippen LogP contribution in [0.15, 0.2) is 42.5 Å². The minimum Gasteiger partial charge on any atom is -0.478 e.